The zero-order valence-corrected chi connectivity index (χ0v) is 29.2. The molecule has 0 amide bonds. The number of fused-ring (bicyclic) bond motifs is 4. The Hall–Kier alpha value is -3.01. The predicted octanol–water partition coefficient (Wildman–Crippen LogP) is 7.37. The van der Waals surface area contributed by atoms with Crippen molar-refractivity contribution in [1.82, 2.24) is 14.9 Å². The number of anilines is 1. The summed E-state index contributed by atoms with van der Waals surface area (Å²) in [5.74, 6) is 1.78. The molecule has 2 aliphatic heterocycles. The third-order valence-corrected chi connectivity index (χ3v) is 12.4. The van der Waals surface area contributed by atoms with Gasteiger partial charge in [-0.3, -0.25) is 0 Å². The van der Waals surface area contributed by atoms with Gasteiger partial charge in [-0.15, -0.1) is 0 Å². The van der Waals surface area contributed by atoms with Crippen LogP contribution in [-0.2, 0) is 14.8 Å². The second-order valence-corrected chi connectivity index (χ2v) is 16.8. The fourth-order valence-electron chi connectivity index (χ4n) is 8.55. The van der Waals surface area contributed by atoms with Crippen molar-refractivity contribution in [3.05, 3.63) is 65.2 Å². The van der Waals surface area contributed by atoms with E-state index in [1.165, 1.54) is 38.5 Å². The molecule has 1 N–H and O–H groups in total. The highest BCUT2D eigenvalue weighted by atomic mass is 32.2. The van der Waals surface area contributed by atoms with Gasteiger partial charge in [-0.2, -0.15) is 4.98 Å². The van der Waals surface area contributed by atoms with Gasteiger partial charge in [-0.05, 0) is 124 Å². The standard InChI is InChI=1S/C38H50N4O4S/c1-25(2)19-29-24-46-34-21-33(35-26(3)7-5-8-27(35)4)39-37(40-34)41-47(43,44)32-10-6-9-28(20-32)36(29)30-22-38(23-30)13-15-42(16-14-38)17-18-45-31-11-12-31/h5-10,20-21,25,29-31,36H,11-19,22-24H2,1-4H3,(H,39,40,41)/t29-,36?/m1/s1. The number of sulfonamides is 1. The first-order valence-corrected chi connectivity index (χ1v) is 19.1. The van der Waals surface area contributed by atoms with Gasteiger partial charge in [0.1, 0.15) is 0 Å². The molecule has 4 bridgehead atoms. The van der Waals surface area contributed by atoms with Crippen LogP contribution in [-0.4, -0.2) is 62.2 Å². The SMILES string of the molecule is Cc1cccc(C)c1-c1cc2nc(n1)NS(=O)(=O)c1cccc(c1)C(C1CC3(CCN(CCOC4CC4)CC3)C1)[C@H](CC(C)C)CO2. The van der Waals surface area contributed by atoms with Gasteiger partial charge in [0.05, 0.1) is 29.9 Å². The predicted molar refractivity (Wildman–Crippen MR) is 185 cm³/mol. The lowest BCUT2D eigenvalue weighted by Crippen LogP contribution is -2.50. The number of nitrogens with one attached hydrogen (secondary N) is 1. The molecule has 8 nitrogen and oxygen atoms in total. The van der Waals surface area contributed by atoms with Gasteiger partial charge in [0.2, 0.25) is 11.8 Å². The summed E-state index contributed by atoms with van der Waals surface area (Å²) in [5, 5.41) is 0. The Bertz CT molecular complexity index is 1670. The number of ether oxygens (including phenoxy) is 2. The maximum Gasteiger partial charge on any atom is 0.264 e. The van der Waals surface area contributed by atoms with E-state index in [1.807, 2.05) is 50.2 Å². The highest BCUT2D eigenvalue weighted by Crippen LogP contribution is 2.59. The van der Waals surface area contributed by atoms with Crippen LogP contribution in [0.15, 0.2) is 53.4 Å². The van der Waals surface area contributed by atoms with E-state index in [0.717, 1.165) is 54.9 Å². The van der Waals surface area contributed by atoms with Crippen LogP contribution >= 0.6 is 0 Å². The largest absolute Gasteiger partial charge is 0.477 e. The molecule has 9 heteroatoms. The average Bonchev–Trinajstić information content (AvgIpc) is 3.84. The van der Waals surface area contributed by atoms with E-state index < -0.39 is 10.0 Å². The molecule has 4 aliphatic rings. The minimum atomic E-state index is -3.93. The summed E-state index contributed by atoms with van der Waals surface area (Å²) in [7, 11) is -3.93. The van der Waals surface area contributed by atoms with Crippen molar-refractivity contribution < 1.29 is 17.9 Å². The Morgan fingerprint density at radius 2 is 1.74 bits per heavy atom. The lowest BCUT2D eigenvalue weighted by atomic mass is 9.52. The van der Waals surface area contributed by atoms with Crippen molar-refractivity contribution >= 4 is 16.0 Å². The van der Waals surface area contributed by atoms with Crippen LogP contribution in [0, 0.1) is 37.0 Å². The van der Waals surface area contributed by atoms with Crippen molar-refractivity contribution in [2.75, 3.05) is 37.6 Å². The van der Waals surface area contributed by atoms with Gasteiger partial charge in [0.15, 0.2) is 0 Å². The number of likely N-dealkylation sites (tertiary alicyclic amines) is 1. The number of hydrogen-bond donors (Lipinski definition) is 1. The van der Waals surface area contributed by atoms with Crippen molar-refractivity contribution in [3.63, 3.8) is 0 Å². The van der Waals surface area contributed by atoms with Crippen LogP contribution in [0.5, 0.6) is 5.88 Å². The molecule has 2 aliphatic carbocycles. The number of benzene rings is 2. The summed E-state index contributed by atoms with van der Waals surface area (Å²) in [6.45, 7) is 13.3. The summed E-state index contributed by atoms with van der Waals surface area (Å²) in [5.41, 5.74) is 5.22. The van der Waals surface area contributed by atoms with Crippen molar-refractivity contribution in [2.24, 2.45) is 23.2 Å². The fourth-order valence-corrected chi connectivity index (χ4v) is 9.55. The third kappa shape index (κ3) is 7.22. The molecular formula is C38H50N4O4S. The van der Waals surface area contributed by atoms with E-state index in [4.69, 9.17) is 9.47 Å². The molecule has 1 saturated heterocycles. The van der Waals surface area contributed by atoms with Gasteiger partial charge in [-0.25, -0.2) is 18.1 Å². The summed E-state index contributed by atoms with van der Waals surface area (Å²) in [6.07, 6.45) is 8.79. The van der Waals surface area contributed by atoms with E-state index in [2.05, 4.69) is 39.5 Å². The van der Waals surface area contributed by atoms with Gasteiger partial charge in [0.25, 0.3) is 10.0 Å². The summed E-state index contributed by atoms with van der Waals surface area (Å²) >= 11 is 0. The van der Waals surface area contributed by atoms with Crippen molar-refractivity contribution in [3.8, 4) is 17.1 Å². The fraction of sp³-hybridized carbons (Fsp3) is 0.579. The minimum absolute atomic E-state index is 0.0227. The zero-order chi connectivity index (χ0) is 32.8. The first-order valence-electron chi connectivity index (χ1n) is 17.6. The van der Waals surface area contributed by atoms with Gasteiger partial charge in [-0.1, -0.05) is 44.2 Å². The molecule has 3 fully saturated rings. The van der Waals surface area contributed by atoms with Gasteiger partial charge >= 0.3 is 0 Å². The van der Waals surface area contributed by atoms with E-state index in [1.54, 1.807) is 6.07 Å². The number of rotatable bonds is 8. The maximum atomic E-state index is 13.8. The quantitative estimate of drug-likeness (QED) is 0.270. The smallest absolute Gasteiger partial charge is 0.264 e. The van der Waals surface area contributed by atoms with Crippen LogP contribution in [0.4, 0.5) is 5.95 Å². The molecule has 1 aromatic heterocycles. The number of aromatic nitrogens is 2. The lowest BCUT2D eigenvalue weighted by molar-refractivity contribution is -0.0410. The lowest BCUT2D eigenvalue weighted by Gasteiger charge is -2.55. The topological polar surface area (TPSA) is 93.7 Å². The van der Waals surface area contributed by atoms with Crippen molar-refractivity contribution in [2.45, 2.75) is 89.6 Å². The highest BCUT2D eigenvalue weighted by molar-refractivity contribution is 7.92. The molecule has 1 unspecified atom stereocenters. The zero-order valence-electron chi connectivity index (χ0n) is 28.4. The van der Waals surface area contributed by atoms with Crippen LogP contribution in [0.25, 0.3) is 11.3 Å². The Kier molecular flexibility index (Phi) is 9.09. The molecule has 252 valence electrons. The highest BCUT2D eigenvalue weighted by Gasteiger charge is 2.50. The molecule has 2 saturated carbocycles. The van der Waals surface area contributed by atoms with E-state index in [-0.39, 0.29) is 22.7 Å². The summed E-state index contributed by atoms with van der Waals surface area (Å²) < 4.78 is 42.8. The Morgan fingerprint density at radius 3 is 2.45 bits per heavy atom. The first-order chi connectivity index (χ1) is 22.6. The molecule has 1 spiro atoms. The van der Waals surface area contributed by atoms with Crippen LogP contribution in [0.2, 0.25) is 0 Å². The van der Waals surface area contributed by atoms with E-state index >= 15 is 0 Å². The first kappa shape index (κ1) is 32.5. The monoisotopic (exact) mass is 658 g/mol. The molecule has 3 aromatic rings. The van der Waals surface area contributed by atoms with Crippen LogP contribution in [0.1, 0.15) is 81.4 Å². The molecule has 2 aromatic carbocycles. The third-order valence-electron chi connectivity index (χ3n) is 11.0. The van der Waals surface area contributed by atoms with Gasteiger partial charge in [0, 0.05) is 24.1 Å². The second-order valence-electron chi connectivity index (χ2n) is 15.2. The molecular weight excluding hydrogens is 609 g/mol. The number of hydrogen-bond acceptors (Lipinski definition) is 7. The number of aryl methyl sites for hydroxylation is 2. The molecule has 7 rings (SSSR count). The Morgan fingerprint density at radius 1 is 1.02 bits per heavy atom. The Balaban J connectivity index is 1.17. The van der Waals surface area contributed by atoms with Crippen molar-refractivity contribution in [1.29, 1.82) is 0 Å². The Labute approximate surface area is 280 Å². The minimum Gasteiger partial charge on any atom is -0.477 e. The molecule has 2 atom stereocenters. The van der Waals surface area contributed by atoms with E-state index in [9.17, 15) is 8.42 Å². The van der Waals surface area contributed by atoms with Gasteiger partial charge < -0.3 is 14.4 Å². The number of nitrogens with zero attached hydrogens (tertiary/aromatic N) is 3. The molecule has 47 heavy (non-hydrogen) atoms. The average molecular weight is 659 g/mol. The molecule has 0 radical (unpaired) electrons. The number of piperidine rings is 1. The normalized spacial score (nSPS) is 24.1. The molecule has 3 heterocycles. The van der Waals surface area contributed by atoms with Crippen LogP contribution in [0.3, 0.4) is 0 Å². The van der Waals surface area contributed by atoms with E-state index in [0.29, 0.717) is 41.5 Å². The van der Waals surface area contributed by atoms with Crippen LogP contribution < -0.4 is 9.46 Å². The summed E-state index contributed by atoms with van der Waals surface area (Å²) in [4.78, 5) is 12.1. The maximum absolute atomic E-state index is 13.8. The summed E-state index contributed by atoms with van der Waals surface area (Å²) in [6, 6.07) is 15.6. The second kappa shape index (κ2) is 13.1.